The van der Waals surface area contributed by atoms with Gasteiger partial charge < -0.3 is 20.9 Å². The Morgan fingerprint density at radius 1 is 1.00 bits per heavy atom. The number of allylic oxidation sites excluding steroid dienone is 1. The Morgan fingerprint density at radius 2 is 1.68 bits per heavy atom. The third kappa shape index (κ3) is 9.73. The lowest BCUT2D eigenvalue weighted by atomic mass is 9.80. The Bertz CT molecular complexity index is 1060. The number of nitrogen functional groups attached to an aromatic ring is 2. The van der Waals surface area contributed by atoms with Gasteiger partial charge in [0, 0.05) is 23.4 Å². The van der Waals surface area contributed by atoms with E-state index in [4.69, 9.17) is 20.9 Å². The average molecular weight is 519 g/mol. The SMILES string of the molecule is C=CCCCCCC1CCC(C(=O)Oc2ccc(/C=C/C(=O)OCC(C)c3cc(N)cc(N)c3)cc2)CC1. The molecule has 6 heteroatoms. The first-order valence-corrected chi connectivity index (χ1v) is 13.8. The molecule has 204 valence electrons. The van der Waals surface area contributed by atoms with Crippen molar-refractivity contribution in [1.82, 2.24) is 0 Å². The molecule has 1 unspecified atom stereocenters. The number of carbonyl (C=O) groups excluding carboxylic acids is 2. The molecule has 38 heavy (non-hydrogen) atoms. The maximum absolute atomic E-state index is 12.7. The van der Waals surface area contributed by atoms with Crippen molar-refractivity contribution in [2.24, 2.45) is 11.8 Å². The first kappa shape index (κ1) is 29.0. The van der Waals surface area contributed by atoms with Gasteiger partial charge in [-0.05, 0) is 92.0 Å². The van der Waals surface area contributed by atoms with E-state index < -0.39 is 5.97 Å². The van der Waals surface area contributed by atoms with Gasteiger partial charge in [0.15, 0.2) is 0 Å². The molecule has 1 fully saturated rings. The fraction of sp³-hybridized carbons (Fsp3) is 0.438. The molecule has 0 spiro atoms. The molecule has 1 aliphatic carbocycles. The van der Waals surface area contributed by atoms with E-state index in [1.807, 2.05) is 37.3 Å². The Morgan fingerprint density at radius 3 is 2.34 bits per heavy atom. The van der Waals surface area contributed by atoms with Gasteiger partial charge in [-0.2, -0.15) is 0 Å². The van der Waals surface area contributed by atoms with Crippen LogP contribution in [0.5, 0.6) is 5.75 Å². The zero-order valence-electron chi connectivity index (χ0n) is 22.6. The third-order valence-corrected chi connectivity index (χ3v) is 7.26. The van der Waals surface area contributed by atoms with Gasteiger partial charge in [-0.3, -0.25) is 4.79 Å². The van der Waals surface area contributed by atoms with Gasteiger partial charge in [-0.25, -0.2) is 4.79 Å². The average Bonchev–Trinajstić information content (AvgIpc) is 2.91. The smallest absolute Gasteiger partial charge is 0.330 e. The summed E-state index contributed by atoms with van der Waals surface area (Å²) in [7, 11) is 0. The second kappa shape index (κ2) is 15.0. The molecule has 2 aromatic carbocycles. The Balaban J connectivity index is 1.37. The lowest BCUT2D eigenvalue weighted by molar-refractivity contribution is -0.140. The van der Waals surface area contributed by atoms with E-state index in [0.717, 1.165) is 49.1 Å². The quantitative estimate of drug-likeness (QED) is 0.0734. The highest BCUT2D eigenvalue weighted by atomic mass is 16.5. The van der Waals surface area contributed by atoms with Crippen LogP contribution >= 0.6 is 0 Å². The molecule has 0 amide bonds. The van der Waals surface area contributed by atoms with Crippen molar-refractivity contribution in [2.45, 2.75) is 70.6 Å². The van der Waals surface area contributed by atoms with Gasteiger partial charge in [0.1, 0.15) is 5.75 Å². The molecule has 6 nitrogen and oxygen atoms in total. The van der Waals surface area contributed by atoms with Gasteiger partial charge in [0.2, 0.25) is 0 Å². The van der Waals surface area contributed by atoms with E-state index >= 15 is 0 Å². The molecular weight excluding hydrogens is 476 g/mol. The number of nitrogens with two attached hydrogens (primary N) is 2. The largest absolute Gasteiger partial charge is 0.462 e. The first-order valence-electron chi connectivity index (χ1n) is 13.8. The van der Waals surface area contributed by atoms with Crippen LogP contribution in [0.3, 0.4) is 0 Å². The molecule has 1 atom stereocenters. The summed E-state index contributed by atoms with van der Waals surface area (Å²) in [6.45, 7) is 5.94. The van der Waals surface area contributed by atoms with Crippen LogP contribution in [0.1, 0.15) is 81.8 Å². The molecule has 0 aromatic heterocycles. The number of hydrogen-bond donors (Lipinski definition) is 2. The van der Waals surface area contributed by atoms with Crippen LogP contribution in [0.2, 0.25) is 0 Å². The maximum Gasteiger partial charge on any atom is 0.330 e. The lowest BCUT2D eigenvalue weighted by Crippen LogP contribution is -2.25. The van der Waals surface area contributed by atoms with E-state index in [0.29, 0.717) is 17.1 Å². The minimum Gasteiger partial charge on any atom is -0.462 e. The predicted molar refractivity (Wildman–Crippen MR) is 154 cm³/mol. The third-order valence-electron chi connectivity index (χ3n) is 7.26. The van der Waals surface area contributed by atoms with Crippen molar-refractivity contribution < 1.29 is 19.1 Å². The molecule has 4 N–H and O–H groups in total. The van der Waals surface area contributed by atoms with Crippen LogP contribution in [0.4, 0.5) is 11.4 Å². The Hall–Kier alpha value is -3.54. The second-order valence-electron chi connectivity index (χ2n) is 10.4. The minimum absolute atomic E-state index is 0.0208. The first-order chi connectivity index (χ1) is 18.3. The highest BCUT2D eigenvalue weighted by Crippen LogP contribution is 2.33. The number of benzene rings is 2. The Labute approximate surface area is 227 Å². The van der Waals surface area contributed by atoms with Crippen LogP contribution in [-0.2, 0) is 14.3 Å². The zero-order valence-corrected chi connectivity index (χ0v) is 22.6. The van der Waals surface area contributed by atoms with Crippen LogP contribution < -0.4 is 16.2 Å². The minimum atomic E-state index is -0.434. The molecule has 1 saturated carbocycles. The summed E-state index contributed by atoms with van der Waals surface area (Å²) in [6, 6.07) is 12.5. The van der Waals surface area contributed by atoms with Crippen LogP contribution in [0, 0.1) is 11.8 Å². The van der Waals surface area contributed by atoms with Gasteiger partial charge in [-0.1, -0.05) is 44.4 Å². The monoisotopic (exact) mass is 518 g/mol. The van der Waals surface area contributed by atoms with Gasteiger partial charge >= 0.3 is 11.9 Å². The van der Waals surface area contributed by atoms with E-state index in [1.54, 1.807) is 24.3 Å². The summed E-state index contributed by atoms with van der Waals surface area (Å²) in [5.74, 6) is 0.630. The van der Waals surface area contributed by atoms with Crippen LogP contribution in [0.15, 0.2) is 61.2 Å². The molecule has 0 radical (unpaired) electrons. The van der Waals surface area contributed by atoms with Crippen LogP contribution in [-0.4, -0.2) is 18.5 Å². The number of hydrogen-bond acceptors (Lipinski definition) is 6. The second-order valence-corrected chi connectivity index (χ2v) is 10.4. The lowest BCUT2D eigenvalue weighted by Gasteiger charge is -2.27. The highest BCUT2D eigenvalue weighted by Gasteiger charge is 2.27. The number of unbranched alkanes of at least 4 members (excludes halogenated alkanes) is 3. The van der Waals surface area contributed by atoms with E-state index in [9.17, 15) is 9.59 Å². The molecule has 0 heterocycles. The van der Waals surface area contributed by atoms with Crippen molar-refractivity contribution in [3.63, 3.8) is 0 Å². The fourth-order valence-electron chi connectivity index (χ4n) is 4.93. The van der Waals surface area contributed by atoms with Crippen molar-refractivity contribution in [2.75, 3.05) is 18.1 Å². The van der Waals surface area contributed by atoms with Gasteiger partial charge in [-0.15, -0.1) is 6.58 Å². The van der Waals surface area contributed by atoms with E-state index in [-0.39, 0.29) is 24.4 Å². The number of ether oxygens (including phenoxy) is 2. The van der Waals surface area contributed by atoms with Crippen molar-refractivity contribution in [1.29, 1.82) is 0 Å². The number of anilines is 2. The molecule has 0 aliphatic heterocycles. The zero-order chi connectivity index (χ0) is 27.3. The van der Waals surface area contributed by atoms with Gasteiger partial charge in [0.25, 0.3) is 0 Å². The molecule has 0 saturated heterocycles. The van der Waals surface area contributed by atoms with E-state index in [1.165, 1.54) is 31.8 Å². The summed E-state index contributed by atoms with van der Waals surface area (Å²) in [6.07, 6.45) is 15.2. The summed E-state index contributed by atoms with van der Waals surface area (Å²) < 4.78 is 11.0. The molecule has 2 aromatic rings. The van der Waals surface area contributed by atoms with Gasteiger partial charge in [0.05, 0.1) is 12.5 Å². The molecule has 1 aliphatic rings. The summed E-state index contributed by atoms with van der Waals surface area (Å²) in [4.78, 5) is 24.8. The summed E-state index contributed by atoms with van der Waals surface area (Å²) in [5, 5.41) is 0. The summed E-state index contributed by atoms with van der Waals surface area (Å²) >= 11 is 0. The topological polar surface area (TPSA) is 105 Å². The predicted octanol–water partition coefficient (Wildman–Crippen LogP) is 7.06. The number of rotatable bonds is 13. The van der Waals surface area contributed by atoms with Crippen molar-refractivity contribution >= 4 is 29.4 Å². The summed E-state index contributed by atoms with van der Waals surface area (Å²) in [5.41, 5.74) is 14.6. The highest BCUT2D eigenvalue weighted by molar-refractivity contribution is 5.87. The number of carbonyl (C=O) groups is 2. The normalized spacial score (nSPS) is 18.1. The van der Waals surface area contributed by atoms with Crippen molar-refractivity contribution in [3.8, 4) is 5.75 Å². The standard InChI is InChI=1S/C32H42N2O4/c1-3-4-5-6-7-8-24-9-14-26(15-10-24)32(36)38-30-16-11-25(12-17-30)13-18-31(35)37-22-23(2)27-19-28(33)21-29(34)20-27/h3,11-13,16-21,23-24,26H,1,4-10,14-15,22,33-34H2,2H3/b18-13+. The fourth-order valence-corrected chi connectivity index (χ4v) is 4.93. The maximum atomic E-state index is 12.7. The molecule has 0 bridgehead atoms. The Kier molecular flexibility index (Phi) is 11.5. The molecular formula is C32H42N2O4. The van der Waals surface area contributed by atoms with E-state index in [2.05, 4.69) is 6.58 Å². The van der Waals surface area contributed by atoms with Crippen molar-refractivity contribution in [3.05, 3.63) is 72.3 Å². The molecule has 3 rings (SSSR count). The number of esters is 2. The van der Waals surface area contributed by atoms with Crippen LogP contribution in [0.25, 0.3) is 6.08 Å².